The molecule has 22 heavy (non-hydrogen) atoms. The first-order valence-corrected chi connectivity index (χ1v) is 10.8. The second-order valence-electron chi connectivity index (χ2n) is 4.86. The summed E-state index contributed by atoms with van der Waals surface area (Å²) in [7, 11) is 0. The van der Waals surface area contributed by atoms with Gasteiger partial charge in [-0.2, -0.15) is 0 Å². The van der Waals surface area contributed by atoms with Crippen LogP contribution in [-0.4, -0.2) is 6.61 Å². The first-order valence-electron chi connectivity index (χ1n) is 7.37. The summed E-state index contributed by atoms with van der Waals surface area (Å²) in [6, 6.07) is 8.49. The van der Waals surface area contributed by atoms with Gasteiger partial charge in [-0.3, -0.25) is 0 Å². The number of ether oxygens (including phenoxy) is 1. The molecule has 0 bridgehead atoms. The second kappa shape index (κ2) is 8.48. The zero-order chi connectivity index (χ0) is 15.2. The van der Waals surface area contributed by atoms with Gasteiger partial charge in [0.05, 0.1) is 15.1 Å². The normalized spacial score (nSPS) is 17.2. The average molecular weight is 367 g/mol. The maximum absolute atomic E-state index is 5.77. The van der Waals surface area contributed by atoms with E-state index in [1.807, 2.05) is 47.0 Å². The number of thioether (sulfide) groups is 4. The first kappa shape index (κ1) is 16.5. The van der Waals surface area contributed by atoms with E-state index in [0.717, 1.165) is 18.8 Å². The molecule has 2 aliphatic heterocycles. The molecule has 0 saturated carbocycles. The summed E-state index contributed by atoms with van der Waals surface area (Å²) in [6.45, 7) is 3.03. The average Bonchev–Trinajstić information content (AvgIpc) is 3.23. The predicted octanol–water partition coefficient (Wildman–Crippen LogP) is 7.11. The largest absolute Gasteiger partial charge is 0.494 e. The van der Waals surface area contributed by atoms with Gasteiger partial charge in [-0.25, -0.2) is 0 Å². The molecule has 2 heterocycles. The highest BCUT2D eigenvalue weighted by atomic mass is 32.2. The van der Waals surface area contributed by atoms with E-state index >= 15 is 0 Å². The highest BCUT2D eigenvalue weighted by molar-refractivity contribution is 8.35. The zero-order valence-electron chi connectivity index (χ0n) is 12.4. The van der Waals surface area contributed by atoms with Crippen molar-refractivity contribution in [3.05, 3.63) is 54.5 Å². The van der Waals surface area contributed by atoms with Crippen LogP contribution in [-0.2, 0) is 0 Å². The van der Waals surface area contributed by atoms with Gasteiger partial charge in [0.25, 0.3) is 0 Å². The third kappa shape index (κ3) is 4.34. The fourth-order valence-electron chi connectivity index (χ4n) is 2.03. The summed E-state index contributed by atoms with van der Waals surface area (Å²) >= 11 is 7.34. The van der Waals surface area contributed by atoms with Crippen molar-refractivity contribution in [1.82, 2.24) is 0 Å². The van der Waals surface area contributed by atoms with Crippen molar-refractivity contribution < 1.29 is 4.74 Å². The van der Waals surface area contributed by atoms with Crippen LogP contribution < -0.4 is 4.74 Å². The molecule has 5 heteroatoms. The van der Waals surface area contributed by atoms with E-state index in [-0.39, 0.29) is 0 Å². The SMILES string of the molecule is CCCCCOc1ccc(C2=CSC(=C3SC=CS3)S2)cc1. The van der Waals surface area contributed by atoms with Gasteiger partial charge in [0, 0.05) is 4.91 Å². The molecule has 116 valence electrons. The van der Waals surface area contributed by atoms with E-state index in [2.05, 4.69) is 47.4 Å². The summed E-state index contributed by atoms with van der Waals surface area (Å²) < 4.78 is 8.57. The van der Waals surface area contributed by atoms with Gasteiger partial charge < -0.3 is 4.74 Å². The molecule has 0 amide bonds. The fraction of sp³-hybridized carbons (Fsp3) is 0.294. The van der Waals surface area contributed by atoms with Crippen LogP contribution in [0.5, 0.6) is 5.75 Å². The Balaban J connectivity index is 1.56. The lowest BCUT2D eigenvalue weighted by Gasteiger charge is -2.07. The molecule has 1 nitrogen and oxygen atoms in total. The van der Waals surface area contributed by atoms with E-state index in [4.69, 9.17) is 4.74 Å². The lowest BCUT2D eigenvalue weighted by atomic mass is 10.2. The molecular formula is C17H18OS4. The number of rotatable bonds is 6. The summed E-state index contributed by atoms with van der Waals surface area (Å²) in [5.74, 6) is 0.973. The molecule has 0 aliphatic carbocycles. The number of unbranched alkanes of at least 4 members (excludes halogenated alkanes) is 2. The van der Waals surface area contributed by atoms with Gasteiger partial charge in [-0.05, 0) is 40.3 Å². The predicted molar refractivity (Wildman–Crippen MR) is 106 cm³/mol. The fourth-order valence-corrected chi connectivity index (χ4v) is 6.51. The van der Waals surface area contributed by atoms with Crippen LogP contribution in [0.4, 0.5) is 0 Å². The molecule has 0 atom stereocenters. The van der Waals surface area contributed by atoms with Crippen LogP contribution >= 0.6 is 47.0 Å². The molecule has 0 radical (unpaired) electrons. The molecule has 0 spiro atoms. The van der Waals surface area contributed by atoms with Crippen molar-refractivity contribution in [2.24, 2.45) is 0 Å². The molecule has 0 N–H and O–H groups in total. The second-order valence-corrected chi connectivity index (χ2v) is 9.15. The van der Waals surface area contributed by atoms with Gasteiger partial charge in [0.2, 0.25) is 0 Å². The van der Waals surface area contributed by atoms with Gasteiger partial charge in [-0.1, -0.05) is 78.9 Å². The van der Waals surface area contributed by atoms with Crippen LogP contribution in [0.2, 0.25) is 0 Å². The lowest BCUT2D eigenvalue weighted by Crippen LogP contribution is -1.96. The van der Waals surface area contributed by atoms with E-state index in [9.17, 15) is 0 Å². The molecule has 0 unspecified atom stereocenters. The van der Waals surface area contributed by atoms with Gasteiger partial charge in [0.1, 0.15) is 5.75 Å². The quantitative estimate of drug-likeness (QED) is 0.494. The Bertz CT molecular complexity index is 592. The summed E-state index contributed by atoms with van der Waals surface area (Å²) in [4.78, 5) is 1.33. The van der Waals surface area contributed by atoms with Crippen LogP contribution in [0.15, 0.2) is 49.0 Å². The number of hydrogen-bond donors (Lipinski definition) is 0. The maximum Gasteiger partial charge on any atom is 0.119 e. The molecule has 1 aromatic carbocycles. The Labute approximate surface area is 149 Å². The zero-order valence-corrected chi connectivity index (χ0v) is 15.7. The Morgan fingerprint density at radius 2 is 1.68 bits per heavy atom. The van der Waals surface area contributed by atoms with Crippen molar-refractivity contribution in [2.75, 3.05) is 6.61 Å². The highest BCUT2D eigenvalue weighted by Crippen LogP contribution is 2.55. The topological polar surface area (TPSA) is 9.23 Å². The minimum Gasteiger partial charge on any atom is -0.494 e. The van der Waals surface area contributed by atoms with Gasteiger partial charge >= 0.3 is 0 Å². The number of hydrogen-bond acceptors (Lipinski definition) is 5. The minimum atomic E-state index is 0.818. The Hall–Kier alpha value is -0.360. The first-order chi connectivity index (χ1) is 10.9. The minimum absolute atomic E-state index is 0.818. The Kier molecular flexibility index (Phi) is 6.36. The lowest BCUT2D eigenvalue weighted by molar-refractivity contribution is 0.306. The van der Waals surface area contributed by atoms with Crippen molar-refractivity contribution in [1.29, 1.82) is 0 Å². The summed E-state index contributed by atoms with van der Waals surface area (Å²) in [6.07, 6.45) is 3.60. The van der Waals surface area contributed by atoms with Crippen molar-refractivity contribution in [3.63, 3.8) is 0 Å². The highest BCUT2D eigenvalue weighted by Gasteiger charge is 2.19. The van der Waals surface area contributed by atoms with Crippen molar-refractivity contribution in [2.45, 2.75) is 26.2 Å². The standard InChI is InChI=1S/C17H18OS4/c1-2-3-4-9-18-14-7-5-13(6-8-14)15-12-21-17(22-15)16-19-10-11-20-16/h5-8,10-12H,2-4,9H2,1H3. The molecule has 2 aliphatic rings. The van der Waals surface area contributed by atoms with Crippen molar-refractivity contribution >= 4 is 52.0 Å². The Morgan fingerprint density at radius 3 is 2.41 bits per heavy atom. The van der Waals surface area contributed by atoms with Crippen LogP contribution in [0.3, 0.4) is 0 Å². The van der Waals surface area contributed by atoms with Crippen LogP contribution in [0.1, 0.15) is 31.7 Å². The van der Waals surface area contributed by atoms with Gasteiger partial charge in [-0.15, -0.1) is 0 Å². The molecule has 3 rings (SSSR count). The van der Waals surface area contributed by atoms with E-state index in [1.165, 1.54) is 31.8 Å². The van der Waals surface area contributed by atoms with E-state index < -0.39 is 0 Å². The third-order valence-corrected chi connectivity index (χ3v) is 8.27. The van der Waals surface area contributed by atoms with E-state index in [0.29, 0.717) is 0 Å². The molecule has 1 aromatic rings. The third-order valence-electron chi connectivity index (χ3n) is 3.20. The summed E-state index contributed by atoms with van der Waals surface area (Å²) in [5.41, 5.74) is 1.27. The maximum atomic E-state index is 5.77. The van der Waals surface area contributed by atoms with Crippen LogP contribution in [0.25, 0.3) is 4.91 Å². The summed E-state index contributed by atoms with van der Waals surface area (Å²) in [5, 5.41) is 6.55. The molecule has 0 aromatic heterocycles. The van der Waals surface area contributed by atoms with Gasteiger partial charge in [0.15, 0.2) is 0 Å². The molecule has 0 fully saturated rings. The monoisotopic (exact) mass is 366 g/mol. The van der Waals surface area contributed by atoms with Crippen molar-refractivity contribution in [3.8, 4) is 5.75 Å². The molecular weight excluding hydrogens is 348 g/mol. The van der Waals surface area contributed by atoms with Crippen LogP contribution in [0, 0.1) is 0 Å². The van der Waals surface area contributed by atoms with E-state index in [1.54, 1.807) is 0 Å². The Morgan fingerprint density at radius 1 is 0.909 bits per heavy atom. The number of benzene rings is 1. The smallest absolute Gasteiger partial charge is 0.119 e. The molecule has 0 saturated heterocycles.